The van der Waals surface area contributed by atoms with E-state index < -0.39 is 11.7 Å². The minimum absolute atomic E-state index is 0.150. The Labute approximate surface area is 142 Å². The minimum atomic E-state index is -4.43. The van der Waals surface area contributed by atoms with Gasteiger partial charge in [0.15, 0.2) is 0 Å². The quantitative estimate of drug-likeness (QED) is 0.785. The maximum absolute atomic E-state index is 12.8. The second kappa shape index (κ2) is 6.84. The van der Waals surface area contributed by atoms with Gasteiger partial charge in [-0.1, -0.05) is 24.4 Å². The Hall–Kier alpha value is -2.02. The van der Waals surface area contributed by atoms with Crippen LogP contribution in [0, 0.1) is 0 Å². The van der Waals surface area contributed by atoms with Crippen LogP contribution >= 0.6 is 11.6 Å². The summed E-state index contributed by atoms with van der Waals surface area (Å²) in [7, 11) is 0. The van der Waals surface area contributed by atoms with Gasteiger partial charge in [-0.2, -0.15) is 18.2 Å². The Morgan fingerprint density at radius 3 is 2.58 bits per heavy atom. The number of rotatable bonds is 4. The van der Waals surface area contributed by atoms with Crippen molar-refractivity contribution >= 4 is 29.1 Å². The van der Waals surface area contributed by atoms with Crippen LogP contribution in [0.5, 0.6) is 0 Å². The van der Waals surface area contributed by atoms with Gasteiger partial charge in [0.2, 0.25) is 5.95 Å². The van der Waals surface area contributed by atoms with Gasteiger partial charge in [0.1, 0.15) is 5.82 Å². The molecule has 1 heterocycles. The average molecular weight is 357 g/mol. The van der Waals surface area contributed by atoms with E-state index in [2.05, 4.69) is 20.6 Å². The van der Waals surface area contributed by atoms with Crippen molar-refractivity contribution in [3.8, 4) is 0 Å². The Bertz CT molecular complexity index is 715. The third-order valence-electron chi connectivity index (χ3n) is 3.90. The molecule has 0 aliphatic heterocycles. The van der Waals surface area contributed by atoms with E-state index in [9.17, 15) is 13.2 Å². The predicted octanol–water partition coefficient (Wildman–Crippen LogP) is 5.25. The lowest BCUT2D eigenvalue weighted by molar-refractivity contribution is -0.137. The first-order valence-electron chi connectivity index (χ1n) is 7.65. The smallest absolute Gasteiger partial charge is 0.351 e. The first-order chi connectivity index (χ1) is 11.4. The molecule has 8 heteroatoms. The maximum atomic E-state index is 12.8. The van der Waals surface area contributed by atoms with Crippen LogP contribution in [-0.4, -0.2) is 16.0 Å². The Balaban J connectivity index is 1.78. The molecule has 1 aromatic heterocycles. The van der Waals surface area contributed by atoms with Gasteiger partial charge in [0, 0.05) is 12.2 Å². The second-order valence-electron chi connectivity index (χ2n) is 5.71. The molecule has 128 valence electrons. The van der Waals surface area contributed by atoms with E-state index in [1.54, 1.807) is 12.3 Å². The minimum Gasteiger partial charge on any atom is -0.351 e. The number of benzene rings is 1. The summed E-state index contributed by atoms with van der Waals surface area (Å²) in [4.78, 5) is 8.44. The van der Waals surface area contributed by atoms with Crippen LogP contribution in [-0.2, 0) is 6.18 Å². The van der Waals surface area contributed by atoms with E-state index in [1.165, 1.54) is 18.9 Å². The third kappa shape index (κ3) is 4.08. The number of nitrogens with zero attached hydrogens (tertiary/aromatic N) is 2. The highest BCUT2D eigenvalue weighted by molar-refractivity contribution is 6.33. The molecule has 1 aliphatic carbocycles. The monoisotopic (exact) mass is 356 g/mol. The van der Waals surface area contributed by atoms with Crippen LogP contribution in [0.15, 0.2) is 30.5 Å². The van der Waals surface area contributed by atoms with E-state index >= 15 is 0 Å². The summed E-state index contributed by atoms with van der Waals surface area (Å²) in [6.07, 6.45) is 1.61. The molecule has 0 spiro atoms. The number of halogens is 4. The van der Waals surface area contributed by atoms with Gasteiger partial charge in [0.05, 0.1) is 16.3 Å². The summed E-state index contributed by atoms with van der Waals surface area (Å²) in [6.45, 7) is 0. The number of anilines is 3. The summed E-state index contributed by atoms with van der Waals surface area (Å²) in [6, 6.07) is 5.05. The molecule has 0 unspecified atom stereocenters. The summed E-state index contributed by atoms with van der Waals surface area (Å²) < 4.78 is 38.5. The van der Waals surface area contributed by atoms with Gasteiger partial charge in [-0.25, -0.2) is 4.98 Å². The molecule has 3 rings (SSSR count). The molecular weight excluding hydrogens is 341 g/mol. The summed E-state index contributed by atoms with van der Waals surface area (Å²) in [5.41, 5.74) is -0.621. The van der Waals surface area contributed by atoms with E-state index in [-0.39, 0.29) is 10.7 Å². The molecule has 0 bridgehead atoms. The first kappa shape index (κ1) is 16.8. The molecule has 1 fully saturated rings. The van der Waals surface area contributed by atoms with Crippen LogP contribution < -0.4 is 10.6 Å². The first-order valence-corrected chi connectivity index (χ1v) is 8.03. The summed E-state index contributed by atoms with van der Waals surface area (Å²) >= 11 is 5.98. The SMILES string of the molecule is FC(F)(F)c1ccc(Cl)c(Nc2ccnc(NC3CCCC3)n2)c1. The van der Waals surface area contributed by atoms with E-state index in [4.69, 9.17) is 11.6 Å². The summed E-state index contributed by atoms with van der Waals surface area (Å²) in [5, 5.41) is 6.26. The van der Waals surface area contributed by atoms with Gasteiger partial charge in [-0.05, 0) is 37.1 Å². The highest BCUT2D eigenvalue weighted by atomic mass is 35.5. The number of alkyl halides is 3. The van der Waals surface area contributed by atoms with E-state index in [0.29, 0.717) is 17.8 Å². The largest absolute Gasteiger partial charge is 0.416 e. The molecule has 1 aliphatic rings. The van der Waals surface area contributed by atoms with Gasteiger partial charge in [-0.3, -0.25) is 0 Å². The molecule has 2 aromatic rings. The molecule has 1 saturated carbocycles. The normalized spacial score (nSPS) is 15.5. The topological polar surface area (TPSA) is 49.8 Å². The van der Waals surface area contributed by atoms with E-state index in [0.717, 1.165) is 25.0 Å². The van der Waals surface area contributed by atoms with E-state index in [1.807, 2.05) is 0 Å². The molecule has 0 amide bonds. The predicted molar refractivity (Wildman–Crippen MR) is 87.6 cm³/mol. The fourth-order valence-corrected chi connectivity index (χ4v) is 2.85. The standard InChI is InChI=1S/C16H16ClF3N4/c17-12-6-5-10(16(18,19)20)9-13(12)23-14-7-8-21-15(24-14)22-11-3-1-2-4-11/h5-9,11H,1-4H2,(H2,21,22,23,24). The van der Waals surface area contributed by atoms with Crippen molar-refractivity contribution in [2.24, 2.45) is 0 Å². The number of hydrogen-bond donors (Lipinski definition) is 2. The maximum Gasteiger partial charge on any atom is 0.416 e. The fraction of sp³-hybridized carbons (Fsp3) is 0.375. The van der Waals surface area contributed by atoms with Crippen molar-refractivity contribution in [3.63, 3.8) is 0 Å². The summed E-state index contributed by atoms with van der Waals surface area (Å²) in [5.74, 6) is 0.835. The lowest BCUT2D eigenvalue weighted by atomic mass is 10.2. The van der Waals surface area contributed by atoms with Crippen molar-refractivity contribution < 1.29 is 13.2 Å². The van der Waals surface area contributed by atoms with Crippen LogP contribution in [0.3, 0.4) is 0 Å². The number of nitrogens with one attached hydrogen (secondary N) is 2. The van der Waals surface area contributed by atoms with Gasteiger partial charge in [0.25, 0.3) is 0 Å². The van der Waals surface area contributed by atoms with Crippen molar-refractivity contribution in [1.29, 1.82) is 0 Å². The lowest BCUT2D eigenvalue weighted by Gasteiger charge is -2.14. The van der Waals surface area contributed by atoms with Gasteiger partial charge >= 0.3 is 6.18 Å². The van der Waals surface area contributed by atoms with Gasteiger partial charge in [-0.15, -0.1) is 0 Å². The number of hydrogen-bond acceptors (Lipinski definition) is 4. The molecule has 24 heavy (non-hydrogen) atoms. The molecule has 0 radical (unpaired) electrons. The lowest BCUT2D eigenvalue weighted by Crippen LogP contribution is -2.16. The highest BCUT2D eigenvalue weighted by Crippen LogP contribution is 2.34. The molecule has 4 nitrogen and oxygen atoms in total. The van der Waals surface area contributed by atoms with Crippen LogP contribution in [0.4, 0.5) is 30.6 Å². The second-order valence-corrected chi connectivity index (χ2v) is 6.12. The van der Waals surface area contributed by atoms with Crippen molar-refractivity contribution in [2.45, 2.75) is 37.9 Å². The molecular formula is C16H16ClF3N4. The van der Waals surface area contributed by atoms with Crippen molar-refractivity contribution in [2.75, 3.05) is 10.6 Å². The van der Waals surface area contributed by atoms with Crippen LogP contribution in [0.2, 0.25) is 5.02 Å². The molecule has 0 saturated heterocycles. The Morgan fingerprint density at radius 1 is 1.12 bits per heavy atom. The highest BCUT2D eigenvalue weighted by Gasteiger charge is 2.31. The molecule has 0 atom stereocenters. The zero-order valence-corrected chi connectivity index (χ0v) is 13.5. The fourth-order valence-electron chi connectivity index (χ4n) is 2.69. The number of aromatic nitrogens is 2. The Morgan fingerprint density at radius 2 is 1.88 bits per heavy atom. The average Bonchev–Trinajstić information content (AvgIpc) is 3.02. The van der Waals surface area contributed by atoms with Crippen molar-refractivity contribution in [1.82, 2.24) is 9.97 Å². The molecule has 1 aromatic carbocycles. The Kier molecular flexibility index (Phi) is 4.80. The van der Waals surface area contributed by atoms with Gasteiger partial charge < -0.3 is 10.6 Å². The zero-order valence-electron chi connectivity index (χ0n) is 12.7. The zero-order chi connectivity index (χ0) is 17.2. The molecule has 2 N–H and O–H groups in total. The van der Waals surface area contributed by atoms with Crippen molar-refractivity contribution in [3.05, 3.63) is 41.0 Å². The van der Waals surface area contributed by atoms with Crippen LogP contribution in [0.25, 0.3) is 0 Å². The third-order valence-corrected chi connectivity index (χ3v) is 4.23. The van der Waals surface area contributed by atoms with Crippen LogP contribution in [0.1, 0.15) is 31.2 Å².